The van der Waals surface area contributed by atoms with E-state index < -0.39 is 7.82 Å². The first-order chi connectivity index (χ1) is 10.7. The van der Waals surface area contributed by atoms with Crippen molar-refractivity contribution in [2.24, 2.45) is 0 Å². The minimum atomic E-state index is -3.46. The van der Waals surface area contributed by atoms with Gasteiger partial charge in [-0.1, -0.05) is 12.1 Å². The Morgan fingerprint density at radius 3 is 2.55 bits per heavy atom. The van der Waals surface area contributed by atoms with Crippen LogP contribution in [0.1, 0.15) is 13.8 Å². The summed E-state index contributed by atoms with van der Waals surface area (Å²) < 4.78 is 34.7. The number of nitrogens with zero attached hydrogens (tertiary/aromatic N) is 2. The molecule has 0 fully saturated rings. The molecule has 22 heavy (non-hydrogen) atoms. The molecule has 0 N–H and O–H groups in total. The Morgan fingerprint density at radius 2 is 1.82 bits per heavy atom. The topological polar surface area (TPSA) is 71.8 Å². The van der Waals surface area contributed by atoms with E-state index in [9.17, 15) is 4.57 Å². The van der Waals surface area contributed by atoms with Crippen molar-refractivity contribution in [3.63, 3.8) is 0 Å². The molecule has 0 aliphatic heterocycles. The lowest BCUT2D eigenvalue weighted by molar-refractivity contribution is 0.0388. The van der Waals surface area contributed by atoms with Crippen LogP contribution in [0.25, 0.3) is 11.0 Å². The van der Waals surface area contributed by atoms with E-state index in [1.54, 1.807) is 20.2 Å². The Bertz CT molecular complexity index is 620. The largest absolute Gasteiger partial charge is 0.474 e. The number of phosphoric acid groups is 1. The molecule has 0 spiro atoms. The SMILES string of the molecule is CCOP(=O)(OCC)OCCOCn1cnc2ccccc21. The van der Waals surface area contributed by atoms with Crippen LogP contribution in [0, 0.1) is 0 Å². The highest BCUT2D eigenvalue weighted by Gasteiger charge is 2.24. The minimum Gasteiger partial charge on any atom is -0.358 e. The lowest BCUT2D eigenvalue weighted by Gasteiger charge is -2.16. The Kier molecular flexibility index (Phi) is 6.54. The molecule has 1 heterocycles. The number of rotatable bonds is 10. The van der Waals surface area contributed by atoms with Crippen molar-refractivity contribution < 1.29 is 22.9 Å². The van der Waals surface area contributed by atoms with E-state index in [4.69, 9.17) is 18.3 Å². The molecule has 1 aromatic heterocycles. The van der Waals surface area contributed by atoms with E-state index in [0.717, 1.165) is 11.0 Å². The van der Waals surface area contributed by atoms with Crippen LogP contribution in [0.2, 0.25) is 0 Å². The van der Waals surface area contributed by atoms with Crippen LogP contribution in [-0.2, 0) is 29.6 Å². The molecule has 0 atom stereocenters. The molecule has 7 nitrogen and oxygen atoms in total. The highest BCUT2D eigenvalue weighted by atomic mass is 31.2. The van der Waals surface area contributed by atoms with Gasteiger partial charge in [0.05, 0.1) is 43.8 Å². The van der Waals surface area contributed by atoms with Gasteiger partial charge in [0, 0.05) is 0 Å². The summed E-state index contributed by atoms with van der Waals surface area (Å²) in [7, 11) is -3.46. The molecule has 2 aromatic rings. The summed E-state index contributed by atoms with van der Waals surface area (Å²) in [5, 5.41) is 0. The average Bonchev–Trinajstić information content (AvgIpc) is 2.91. The van der Waals surface area contributed by atoms with Crippen LogP contribution in [0.4, 0.5) is 0 Å². The Balaban J connectivity index is 1.76. The Labute approximate surface area is 129 Å². The smallest absolute Gasteiger partial charge is 0.358 e. The van der Waals surface area contributed by atoms with Crippen LogP contribution >= 0.6 is 7.82 Å². The van der Waals surface area contributed by atoms with E-state index in [2.05, 4.69) is 4.98 Å². The first-order valence-electron chi connectivity index (χ1n) is 7.20. The molecular weight excluding hydrogens is 307 g/mol. The number of para-hydroxylation sites is 2. The molecule has 0 saturated carbocycles. The van der Waals surface area contributed by atoms with Crippen molar-refractivity contribution in [2.75, 3.05) is 26.4 Å². The van der Waals surface area contributed by atoms with Gasteiger partial charge in [0.15, 0.2) is 0 Å². The predicted octanol–water partition coefficient (Wildman–Crippen LogP) is 3.21. The first-order valence-corrected chi connectivity index (χ1v) is 8.66. The molecule has 2 rings (SSSR count). The van der Waals surface area contributed by atoms with Gasteiger partial charge in [-0.05, 0) is 26.0 Å². The average molecular weight is 328 g/mol. The van der Waals surface area contributed by atoms with Gasteiger partial charge >= 0.3 is 7.82 Å². The van der Waals surface area contributed by atoms with E-state index >= 15 is 0 Å². The van der Waals surface area contributed by atoms with Gasteiger partial charge in [0.1, 0.15) is 6.73 Å². The van der Waals surface area contributed by atoms with Gasteiger partial charge in [-0.3, -0.25) is 13.6 Å². The maximum atomic E-state index is 12.0. The number of imidazole rings is 1. The summed E-state index contributed by atoms with van der Waals surface area (Å²) in [5.74, 6) is 0. The van der Waals surface area contributed by atoms with Gasteiger partial charge in [0.2, 0.25) is 0 Å². The maximum Gasteiger partial charge on any atom is 0.474 e. The van der Waals surface area contributed by atoms with Gasteiger partial charge in [0.25, 0.3) is 0 Å². The number of fused-ring (bicyclic) bond motifs is 1. The summed E-state index contributed by atoms with van der Waals surface area (Å²) in [6.07, 6.45) is 1.72. The summed E-state index contributed by atoms with van der Waals surface area (Å²) in [5.41, 5.74) is 1.91. The van der Waals surface area contributed by atoms with E-state index in [-0.39, 0.29) is 26.4 Å². The lowest BCUT2D eigenvalue weighted by Crippen LogP contribution is -2.09. The van der Waals surface area contributed by atoms with Crippen LogP contribution in [-0.4, -0.2) is 36.0 Å². The molecule has 0 radical (unpaired) electrons. The monoisotopic (exact) mass is 328 g/mol. The molecule has 0 bridgehead atoms. The summed E-state index contributed by atoms with van der Waals surface area (Å²) >= 11 is 0. The van der Waals surface area contributed by atoms with Crippen molar-refractivity contribution in [1.82, 2.24) is 9.55 Å². The standard InChI is InChI=1S/C14H21N2O5P/c1-3-19-22(17,20-4-2)21-10-9-18-12-16-11-15-13-7-5-6-8-14(13)16/h5-8,11H,3-4,9-10,12H2,1-2H3. The zero-order valence-electron chi connectivity index (χ0n) is 12.8. The van der Waals surface area contributed by atoms with Crippen LogP contribution < -0.4 is 0 Å². The molecule has 0 aliphatic rings. The molecule has 0 unspecified atom stereocenters. The van der Waals surface area contributed by atoms with Gasteiger partial charge in [-0.15, -0.1) is 0 Å². The number of benzene rings is 1. The van der Waals surface area contributed by atoms with E-state index in [0.29, 0.717) is 6.73 Å². The quantitative estimate of drug-likeness (QED) is 0.493. The predicted molar refractivity (Wildman–Crippen MR) is 82.5 cm³/mol. The minimum absolute atomic E-state index is 0.129. The van der Waals surface area contributed by atoms with E-state index in [1.807, 2.05) is 28.8 Å². The fraction of sp³-hybridized carbons (Fsp3) is 0.500. The lowest BCUT2D eigenvalue weighted by atomic mass is 10.3. The third-order valence-corrected chi connectivity index (χ3v) is 4.46. The third kappa shape index (κ3) is 4.63. The molecule has 0 aliphatic carbocycles. The Hall–Kier alpha value is -1.24. The second-order valence-corrected chi connectivity index (χ2v) is 6.03. The van der Waals surface area contributed by atoms with Crippen molar-refractivity contribution in [3.8, 4) is 0 Å². The summed E-state index contributed by atoms with van der Waals surface area (Å²) in [4.78, 5) is 4.27. The van der Waals surface area contributed by atoms with E-state index in [1.165, 1.54) is 0 Å². The highest BCUT2D eigenvalue weighted by molar-refractivity contribution is 7.48. The fourth-order valence-corrected chi connectivity index (χ4v) is 3.07. The molecule has 122 valence electrons. The number of hydrogen-bond acceptors (Lipinski definition) is 6. The van der Waals surface area contributed by atoms with Crippen molar-refractivity contribution >= 4 is 18.9 Å². The molecule has 8 heteroatoms. The highest BCUT2D eigenvalue weighted by Crippen LogP contribution is 2.48. The van der Waals surface area contributed by atoms with Gasteiger partial charge < -0.3 is 9.30 Å². The van der Waals surface area contributed by atoms with Crippen molar-refractivity contribution in [1.29, 1.82) is 0 Å². The number of ether oxygens (including phenoxy) is 1. The number of aromatic nitrogens is 2. The summed E-state index contributed by atoms with van der Waals surface area (Å²) in [6, 6.07) is 7.80. The van der Waals surface area contributed by atoms with Crippen molar-refractivity contribution in [3.05, 3.63) is 30.6 Å². The van der Waals surface area contributed by atoms with Crippen LogP contribution in [0.5, 0.6) is 0 Å². The van der Waals surface area contributed by atoms with Gasteiger partial charge in [-0.2, -0.15) is 0 Å². The van der Waals surface area contributed by atoms with Crippen LogP contribution in [0.15, 0.2) is 30.6 Å². The number of phosphoric ester groups is 1. The van der Waals surface area contributed by atoms with Gasteiger partial charge in [-0.25, -0.2) is 9.55 Å². The van der Waals surface area contributed by atoms with Crippen LogP contribution in [0.3, 0.4) is 0 Å². The first kappa shape index (κ1) is 17.1. The molecule has 0 amide bonds. The van der Waals surface area contributed by atoms with Crippen molar-refractivity contribution in [2.45, 2.75) is 20.6 Å². The number of hydrogen-bond donors (Lipinski definition) is 0. The second kappa shape index (κ2) is 8.41. The fourth-order valence-electron chi connectivity index (χ4n) is 1.91. The molecule has 0 saturated heterocycles. The summed E-state index contributed by atoms with van der Waals surface area (Å²) in [6.45, 7) is 4.74. The Morgan fingerprint density at radius 1 is 1.09 bits per heavy atom. The third-order valence-electron chi connectivity index (χ3n) is 2.81. The second-order valence-electron chi connectivity index (χ2n) is 4.36. The maximum absolute atomic E-state index is 12.0. The molecular formula is C14H21N2O5P. The normalized spacial score (nSPS) is 12.1. The molecule has 1 aromatic carbocycles. The zero-order valence-corrected chi connectivity index (χ0v) is 13.7. The zero-order chi connectivity index (χ0) is 15.8.